The molecule has 1 aromatic carbocycles. The lowest BCUT2D eigenvalue weighted by Gasteiger charge is -2.10. The molecule has 1 saturated heterocycles. The van der Waals surface area contributed by atoms with Crippen molar-refractivity contribution in [1.29, 1.82) is 0 Å². The Hall–Kier alpha value is -2.93. The first-order valence-electron chi connectivity index (χ1n) is 8.62. The predicted molar refractivity (Wildman–Crippen MR) is 98.8 cm³/mol. The van der Waals surface area contributed by atoms with Crippen molar-refractivity contribution in [2.24, 2.45) is 0 Å². The smallest absolute Gasteiger partial charge is 0.257 e. The van der Waals surface area contributed by atoms with Crippen LogP contribution in [0.2, 0.25) is 0 Å². The molecule has 1 aliphatic rings. The van der Waals surface area contributed by atoms with Crippen LogP contribution in [0.25, 0.3) is 5.65 Å². The average Bonchev–Trinajstić information content (AvgIpc) is 3.27. The maximum Gasteiger partial charge on any atom is 0.257 e. The first-order valence-corrected chi connectivity index (χ1v) is 8.62. The van der Waals surface area contributed by atoms with Crippen LogP contribution in [-0.2, 0) is 0 Å². The van der Waals surface area contributed by atoms with Crippen molar-refractivity contribution < 1.29 is 9.53 Å². The van der Waals surface area contributed by atoms with Crippen LogP contribution in [0.15, 0.2) is 42.6 Å². The summed E-state index contributed by atoms with van der Waals surface area (Å²) < 4.78 is 7.13. The summed E-state index contributed by atoms with van der Waals surface area (Å²) in [7, 11) is 3.71. The number of hydrogen-bond donors (Lipinski definition) is 1. The number of nitrogens with zero attached hydrogens (tertiary/aromatic N) is 4. The van der Waals surface area contributed by atoms with E-state index in [1.54, 1.807) is 19.2 Å². The standard InChI is InChI=1S/C19H21N5O2/c1-23-9-8-13(11-23)18-22-21-17-7-6-14(12-24(17)18)19(25)20-15-4-3-5-16(10-15)26-2/h3-7,10,12-13H,8-9,11H2,1-2H3,(H,20,25). The quantitative estimate of drug-likeness (QED) is 0.781. The zero-order valence-electron chi connectivity index (χ0n) is 14.8. The number of amides is 1. The number of carbonyl (C=O) groups is 1. The number of likely N-dealkylation sites (N-methyl/N-ethyl adjacent to an activating group) is 1. The van der Waals surface area contributed by atoms with E-state index in [9.17, 15) is 4.79 Å². The molecule has 1 N–H and O–H groups in total. The minimum absolute atomic E-state index is 0.177. The van der Waals surface area contributed by atoms with Crippen molar-refractivity contribution in [3.63, 3.8) is 0 Å². The third-order valence-electron chi connectivity index (χ3n) is 4.77. The summed E-state index contributed by atoms with van der Waals surface area (Å²) in [5.74, 6) is 1.78. The normalized spacial score (nSPS) is 17.5. The van der Waals surface area contributed by atoms with Crippen LogP contribution in [0, 0.1) is 0 Å². The minimum atomic E-state index is -0.177. The SMILES string of the molecule is COc1cccc(NC(=O)c2ccc3nnc(C4CCN(C)C4)n3c2)c1. The van der Waals surface area contributed by atoms with Crippen molar-refractivity contribution in [2.45, 2.75) is 12.3 Å². The predicted octanol–water partition coefficient (Wildman–Crippen LogP) is 2.41. The molecule has 1 aliphatic heterocycles. The number of likely N-dealkylation sites (tertiary alicyclic amines) is 1. The number of benzene rings is 1. The van der Waals surface area contributed by atoms with Crippen LogP contribution in [0.5, 0.6) is 5.75 Å². The van der Waals surface area contributed by atoms with Crippen molar-refractivity contribution in [2.75, 3.05) is 32.6 Å². The monoisotopic (exact) mass is 351 g/mol. The summed E-state index contributed by atoms with van der Waals surface area (Å²) in [5.41, 5.74) is 2.01. The molecule has 7 heteroatoms. The third-order valence-corrected chi connectivity index (χ3v) is 4.77. The Labute approximate surface area is 151 Å². The van der Waals surface area contributed by atoms with Gasteiger partial charge in [-0.15, -0.1) is 10.2 Å². The number of anilines is 1. The number of methoxy groups -OCH3 is 1. The molecule has 2 aromatic heterocycles. The molecule has 1 unspecified atom stereocenters. The lowest BCUT2D eigenvalue weighted by atomic mass is 10.1. The second-order valence-corrected chi connectivity index (χ2v) is 6.64. The van der Waals surface area contributed by atoms with Crippen molar-refractivity contribution >= 4 is 17.2 Å². The molecule has 3 aromatic rings. The Balaban J connectivity index is 1.60. The maximum absolute atomic E-state index is 12.6. The molecule has 4 rings (SSSR count). The van der Waals surface area contributed by atoms with Gasteiger partial charge in [-0.2, -0.15) is 0 Å². The van der Waals surface area contributed by atoms with Gasteiger partial charge in [0.2, 0.25) is 0 Å². The Morgan fingerprint density at radius 2 is 2.15 bits per heavy atom. The van der Waals surface area contributed by atoms with Gasteiger partial charge in [-0.25, -0.2) is 0 Å². The fourth-order valence-corrected chi connectivity index (χ4v) is 3.37. The molecule has 0 radical (unpaired) electrons. The van der Waals surface area contributed by atoms with E-state index in [1.807, 2.05) is 34.9 Å². The summed E-state index contributed by atoms with van der Waals surface area (Å²) in [5, 5.41) is 11.5. The fraction of sp³-hybridized carbons (Fsp3) is 0.316. The van der Waals surface area contributed by atoms with Crippen LogP contribution < -0.4 is 10.1 Å². The van der Waals surface area contributed by atoms with E-state index < -0.39 is 0 Å². The van der Waals surface area contributed by atoms with Gasteiger partial charge in [-0.1, -0.05) is 6.07 Å². The number of aromatic nitrogens is 3. The van der Waals surface area contributed by atoms with Gasteiger partial charge in [-0.05, 0) is 44.3 Å². The first kappa shape index (κ1) is 16.5. The van der Waals surface area contributed by atoms with Gasteiger partial charge in [0, 0.05) is 30.4 Å². The van der Waals surface area contributed by atoms with E-state index in [0.717, 1.165) is 31.0 Å². The molecule has 7 nitrogen and oxygen atoms in total. The molecule has 26 heavy (non-hydrogen) atoms. The molecule has 134 valence electrons. The molecule has 0 saturated carbocycles. The molecule has 1 amide bonds. The molecule has 0 aliphatic carbocycles. The third kappa shape index (κ3) is 3.13. The zero-order chi connectivity index (χ0) is 18.1. The number of ether oxygens (including phenoxy) is 1. The van der Waals surface area contributed by atoms with E-state index in [0.29, 0.717) is 22.9 Å². The topological polar surface area (TPSA) is 71.8 Å². The molecular weight excluding hydrogens is 330 g/mol. The molecule has 0 spiro atoms. The van der Waals surface area contributed by atoms with Crippen LogP contribution in [0.3, 0.4) is 0 Å². The van der Waals surface area contributed by atoms with Crippen molar-refractivity contribution in [3.05, 3.63) is 54.0 Å². The number of pyridine rings is 1. The van der Waals surface area contributed by atoms with Gasteiger partial charge < -0.3 is 15.0 Å². The highest BCUT2D eigenvalue weighted by molar-refractivity contribution is 6.04. The van der Waals surface area contributed by atoms with Gasteiger partial charge in [0.15, 0.2) is 5.65 Å². The number of carbonyl (C=O) groups excluding carboxylic acids is 1. The summed E-state index contributed by atoms with van der Waals surface area (Å²) in [6.07, 6.45) is 2.87. The summed E-state index contributed by atoms with van der Waals surface area (Å²) in [4.78, 5) is 14.9. The number of hydrogen-bond acceptors (Lipinski definition) is 5. The van der Waals surface area contributed by atoms with E-state index in [4.69, 9.17) is 4.74 Å². The second-order valence-electron chi connectivity index (χ2n) is 6.64. The van der Waals surface area contributed by atoms with Crippen LogP contribution >= 0.6 is 0 Å². The van der Waals surface area contributed by atoms with E-state index >= 15 is 0 Å². The Kier molecular flexibility index (Phi) is 4.30. The van der Waals surface area contributed by atoms with E-state index in [2.05, 4.69) is 27.5 Å². The minimum Gasteiger partial charge on any atom is -0.497 e. The highest BCUT2D eigenvalue weighted by Gasteiger charge is 2.25. The molecule has 1 atom stereocenters. The summed E-state index contributed by atoms with van der Waals surface area (Å²) in [6.45, 7) is 2.01. The Morgan fingerprint density at radius 1 is 1.27 bits per heavy atom. The zero-order valence-corrected chi connectivity index (χ0v) is 14.8. The Bertz CT molecular complexity index is 952. The van der Waals surface area contributed by atoms with Gasteiger partial charge in [0.1, 0.15) is 11.6 Å². The van der Waals surface area contributed by atoms with Crippen LogP contribution in [0.1, 0.15) is 28.5 Å². The number of rotatable bonds is 4. The summed E-state index contributed by atoms with van der Waals surface area (Å²) in [6, 6.07) is 10.9. The number of nitrogens with one attached hydrogen (secondary N) is 1. The lowest BCUT2D eigenvalue weighted by molar-refractivity contribution is 0.102. The highest BCUT2D eigenvalue weighted by atomic mass is 16.5. The average molecular weight is 351 g/mol. The molecular formula is C19H21N5O2. The van der Waals surface area contributed by atoms with E-state index in [-0.39, 0.29) is 5.91 Å². The van der Waals surface area contributed by atoms with Gasteiger partial charge in [-0.3, -0.25) is 9.20 Å². The molecule has 3 heterocycles. The fourth-order valence-electron chi connectivity index (χ4n) is 3.37. The summed E-state index contributed by atoms with van der Waals surface area (Å²) >= 11 is 0. The highest BCUT2D eigenvalue weighted by Crippen LogP contribution is 2.25. The second kappa shape index (κ2) is 6.76. The molecule has 0 bridgehead atoms. The lowest BCUT2D eigenvalue weighted by Crippen LogP contribution is -2.15. The number of fused-ring (bicyclic) bond motifs is 1. The van der Waals surface area contributed by atoms with Crippen LogP contribution in [-0.4, -0.2) is 52.7 Å². The molecule has 1 fully saturated rings. The van der Waals surface area contributed by atoms with Gasteiger partial charge in [0.05, 0.1) is 12.7 Å². The first-order chi connectivity index (χ1) is 12.6. The van der Waals surface area contributed by atoms with Crippen molar-refractivity contribution in [3.8, 4) is 5.75 Å². The maximum atomic E-state index is 12.6. The van der Waals surface area contributed by atoms with Gasteiger partial charge in [0.25, 0.3) is 5.91 Å². The van der Waals surface area contributed by atoms with Gasteiger partial charge >= 0.3 is 0 Å². The Morgan fingerprint density at radius 3 is 2.92 bits per heavy atom. The van der Waals surface area contributed by atoms with Crippen LogP contribution in [0.4, 0.5) is 5.69 Å². The van der Waals surface area contributed by atoms with Crippen molar-refractivity contribution in [1.82, 2.24) is 19.5 Å². The largest absolute Gasteiger partial charge is 0.497 e. The van der Waals surface area contributed by atoms with E-state index in [1.165, 1.54) is 0 Å².